The minimum absolute atomic E-state index is 0.000596. The van der Waals surface area contributed by atoms with E-state index in [1.54, 1.807) is 6.08 Å². The molecule has 0 aliphatic rings. The van der Waals surface area contributed by atoms with Crippen molar-refractivity contribution < 1.29 is 4.74 Å². The first-order chi connectivity index (χ1) is 10.4. The van der Waals surface area contributed by atoms with Gasteiger partial charge < -0.3 is 4.74 Å². The van der Waals surface area contributed by atoms with Crippen LogP contribution in [0.4, 0.5) is 0 Å². The molecule has 0 aliphatic heterocycles. The first-order valence-corrected chi connectivity index (χ1v) is 10.5. The van der Waals surface area contributed by atoms with Crippen LogP contribution >= 0.6 is 11.1 Å². The van der Waals surface area contributed by atoms with Crippen LogP contribution in [-0.4, -0.2) is 14.0 Å². The maximum Gasteiger partial charge on any atom is 0.222 e. The van der Waals surface area contributed by atoms with E-state index < -0.39 is 7.38 Å². The second-order valence-corrected chi connectivity index (χ2v) is 12.1. The lowest BCUT2D eigenvalue weighted by Gasteiger charge is -2.38. The molecule has 3 heteroatoms. The Morgan fingerprint density at radius 1 is 1.00 bits per heavy atom. The van der Waals surface area contributed by atoms with E-state index in [9.17, 15) is 0 Å². The molecule has 0 radical (unpaired) electrons. The average Bonchev–Trinajstić information content (AvgIpc) is 2.52. The molecule has 116 valence electrons. The van der Waals surface area contributed by atoms with Crippen molar-refractivity contribution in [2.75, 3.05) is 6.61 Å². The highest BCUT2D eigenvalue weighted by atomic mass is 35.6. The molecule has 1 nitrogen and oxygen atoms in total. The van der Waals surface area contributed by atoms with E-state index in [0.717, 1.165) is 5.75 Å². The molecule has 1 atom stereocenters. The minimum Gasteiger partial charge on any atom is -0.490 e. The number of hydrogen-bond acceptors (Lipinski definition) is 1. The molecular formula is C19H23ClOSi. The number of rotatable bonds is 5. The Kier molecular flexibility index (Phi) is 5.15. The molecule has 0 fully saturated rings. The molecule has 1 unspecified atom stereocenters. The third-order valence-corrected chi connectivity index (χ3v) is 11.2. The first kappa shape index (κ1) is 16.9. The van der Waals surface area contributed by atoms with Gasteiger partial charge >= 0.3 is 0 Å². The van der Waals surface area contributed by atoms with Crippen molar-refractivity contribution in [2.24, 2.45) is 0 Å². The predicted molar refractivity (Wildman–Crippen MR) is 99.2 cm³/mol. The highest BCUT2D eigenvalue weighted by molar-refractivity contribution is 7.35. The van der Waals surface area contributed by atoms with E-state index in [4.69, 9.17) is 15.8 Å². The fourth-order valence-electron chi connectivity index (χ4n) is 2.64. The molecule has 0 aromatic heterocycles. The van der Waals surface area contributed by atoms with E-state index in [-0.39, 0.29) is 5.04 Å². The summed E-state index contributed by atoms with van der Waals surface area (Å²) in [5.74, 6) is 0.846. The lowest BCUT2D eigenvalue weighted by Crippen LogP contribution is -2.59. The van der Waals surface area contributed by atoms with Crippen LogP contribution in [0.2, 0.25) is 5.04 Å². The summed E-state index contributed by atoms with van der Waals surface area (Å²) >= 11 is 7.30. The molecule has 0 N–H and O–H groups in total. The summed E-state index contributed by atoms with van der Waals surface area (Å²) in [5.41, 5.74) is 0. The van der Waals surface area contributed by atoms with Gasteiger partial charge in [-0.1, -0.05) is 75.9 Å². The second kappa shape index (κ2) is 6.72. The Hall–Kier alpha value is -1.51. The summed E-state index contributed by atoms with van der Waals surface area (Å²) in [6, 6.07) is 18.7. The molecule has 0 saturated heterocycles. The van der Waals surface area contributed by atoms with Crippen LogP contribution in [-0.2, 0) is 0 Å². The zero-order valence-corrected chi connectivity index (χ0v) is 15.2. The van der Waals surface area contributed by atoms with Gasteiger partial charge in [-0.2, -0.15) is 11.1 Å². The average molecular weight is 331 g/mol. The molecule has 0 spiro atoms. The lowest BCUT2D eigenvalue weighted by atomic mass is 10.2. The van der Waals surface area contributed by atoms with Crippen LogP contribution in [0.5, 0.6) is 5.75 Å². The van der Waals surface area contributed by atoms with Crippen molar-refractivity contribution in [1.29, 1.82) is 0 Å². The van der Waals surface area contributed by atoms with E-state index in [2.05, 4.69) is 63.7 Å². The van der Waals surface area contributed by atoms with Crippen molar-refractivity contribution in [3.63, 3.8) is 0 Å². The Bertz CT molecular complexity index is 616. The van der Waals surface area contributed by atoms with Gasteiger partial charge in [0.25, 0.3) is 0 Å². The topological polar surface area (TPSA) is 9.23 Å². The van der Waals surface area contributed by atoms with Gasteiger partial charge in [-0.05, 0) is 27.5 Å². The van der Waals surface area contributed by atoms with Gasteiger partial charge in [0.2, 0.25) is 7.38 Å². The van der Waals surface area contributed by atoms with Gasteiger partial charge in [0.05, 0.1) is 0 Å². The summed E-state index contributed by atoms with van der Waals surface area (Å²) in [7, 11) is -2.36. The monoisotopic (exact) mass is 330 g/mol. The summed E-state index contributed by atoms with van der Waals surface area (Å²) in [6.07, 6.45) is 1.74. The van der Waals surface area contributed by atoms with Crippen LogP contribution in [0.25, 0.3) is 0 Å². The fourth-order valence-corrected chi connectivity index (χ4v) is 6.74. The molecule has 0 aliphatic carbocycles. The zero-order valence-electron chi connectivity index (χ0n) is 13.5. The minimum atomic E-state index is -2.36. The Balaban J connectivity index is 2.45. The van der Waals surface area contributed by atoms with Crippen LogP contribution in [0.3, 0.4) is 0 Å². The van der Waals surface area contributed by atoms with E-state index in [0.29, 0.717) is 6.61 Å². The summed E-state index contributed by atoms with van der Waals surface area (Å²) in [6.45, 7) is 10.9. The lowest BCUT2D eigenvalue weighted by molar-refractivity contribution is 0.363. The van der Waals surface area contributed by atoms with E-state index >= 15 is 0 Å². The SMILES string of the molecule is C=CCOc1ccc([Si](Cl)(c2ccccc2)C(C)(C)C)cc1. The van der Waals surface area contributed by atoms with Gasteiger partial charge in [-0.25, -0.2) is 0 Å². The van der Waals surface area contributed by atoms with Crippen LogP contribution in [0.15, 0.2) is 67.3 Å². The number of halogens is 1. The zero-order chi connectivity index (χ0) is 16.2. The molecule has 0 saturated carbocycles. The largest absolute Gasteiger partial charge is 0.490 e. The third-order valence-electron chi connectivity index (χ3n) is 3.82. The van der Waals surface area contributed by atoms with Gasteiger partial charge in [0, 0.05) is 0 Å². The van der Waals surface area contributed by atoms with Crippen LogP contribution in [0.1, 0.15) is 20.8 Å². The maximum absolute atomic E-state index is 7.30. The maximum atomic E-state index is 7.30. The Morgan fingerprint density at radius 2 is 1.55 bits per heavy atom. The third kappa shape index (κ3) is 3.28. The van der Waals surface area contributed by atoms with Gasteiger partial charge in [0.1, 0.15) is 12.4 Å². The molecular weight excluding hydrogens is 308 g/mol. The molecule has 2 aromatic rings. The van der Waals surface area contributed by atoms with Crippen molar-refractivity contribution >= 4 is 28.8 Å². The van der Waals surface area contributed by atoms with Crippen molar-refractivity contribution in [1.82, 2.24) is 0 Å². The number of benzene rings is 2. The fraction of sp³-hybridized carbons (Fsp3) is 0.263. The quantitative estimate of drug-likeness (QED) is 0.450. The smallest absolute Gasteiger partial charge is 0.222 e. The first-order valence-electron chi connectivity index (χ1n) is 7.48. The molecule has 22 heavy (non-hydrogen) atoms. The Morgan fingerprint density at radius 3 is 2.05 bits per heavy atom. The van der Waals surface area contributed by atoms with E-state index in [1.807, 2.05) is 18.2 Å². The van der Waals surface area contributed by atoms with Crippen molar-refractivity contribution in [2.45, 2.75) is 25.8 Å². The van der Waals surface area contributed by atoms with Crippen molar-refractivity contribution in [3.05, 3.63) is 67.3 Å². The molecule has 0 heterocycles. The number of hydrogen-bond donors (Lipinski definition) is 0. The number of ether oxygens (including phenoxy) is 1. The normalized spacial score (nSPS) is 14.2. The molecule has 2 aromatic carbocycles. The van der Waals surface area contributed by atoms with Gasteiger partial charge in [-0.15, -0.1) is 0 Å². The van der Waals surface area contributed by atoms with Crippen LogP contribution < -0.4 is 15.1 Å². The summed E-state index contributed by atoms with van der Waals surface area (Å²) in [4.78, 5) is 0. The molecule has 2 rings (SSSR count). The summed E-state index contributed by atoms with van der Waals surface area (Å²) < 4.78 is 5.57. The highest BCUT2D eigenvalue weighted by Crippen LogP contribution is 2.38. The van der Waals surface area contributed by atoms with Crippen molar-refractivity contribution in [3.8, 4) is 5.75 Å². The molecule has 0 amide bonds. The second-order valence-electron chi connectivity index (χ2n) is 6.40. The van der Waals surface area contributed by atoms with Crippen LogP contribution in [0, 0.1) is 0 Å². The summed E-state index contributed by atoms with van der Waals surface area (Å²) in [5, 5.41) is 2.45. The van der Waals surface area contributed by atoms with E-state index in [1.165, 1.54) is 10.4 Å². The Labute approximate surface area is 139 Å². The van der Waals surface area contributed by atoms with Gasteiger partial charge in [-0.3, -0.25) is 0 Å². The molecule has 0 bridgehead atoms. The standard InChI is InChI=1S/C19H23ClOSi/c1-5-15-21-16-11-13-18(14-12-16)22(20,19(2,3)4)17-9-7-6-8-10-17/h5-14H,1,15H2,2-4H3. The predicted octanol–water partition coefficient (Wildman–Crippen LogP) is 4.35. The highest BCUT2D eigenvalue weighted by Gasteiger charge is 2.46. The van der Waals surface area contributed by atoms with Gasteiger partial charge in [0.15, 0.2) is 0 Å².